The minimum absolute atomic E-state index is 0.164. The van der Waals surface area contributed by atoms with Gasteiger partial charge in [0.15, 0.2) is 0 Å². The highest BCUT2D eigenvalue weighted by Gasteiger charge is 2.30. The summed E-state index contributed by atoms with van der Waals surface area (Å²) < 4.78 is 44.2. The zero-order valence-corrected chi connectivity index (χ0v) is 19.6. The fourth-order valence-electron chi connectivity index (χ4n) is 3.65. The minimum atomic E-state index is -3.63. The number of anilines is 1. The van der Waals surface area contributed by atoms with Crippen LogP contribution in [0.4, 0.5) is 5.69 Å². The largest absolute Gasteiger partial charge is 0.494 e. The van der Waals surface area contributed by atoms with Crippen LogP contribution in [0.5, 0.6) is 11.5 Å². The van der Waals surface area contributed by atoms with E-state index in [0.717, 1.165) is 24.2 Å². The number of benzene rings is 2. The Morgan fingerprint density at radius 3 is 2.45 bits per heavy atom. The summed E-state index contributed by atoms with van der Waals surface area (Å²) in [6.45, 7) is 6.05. The van der Waals surface area contributed by atoms with Crippen LogP contribution in [0.1, 0.15) is 32.6 Å². The van der Waals surface area contributed by atoms with Gasteiger partial charge in [-0.1, -0.05) is 5.16 Å². The average molecular weight is 473 g/mol. The molecule has 0 atom stereocenters. The molecule has 1 fully saturated rings. The van der Waals surface area contributed by atoms with E-state index in [0.29, 0.717) is 49.5 Å². The predicted molar refractivity (Wildman–Crippen MR) is 124 cm³/mol. The Morgan fingerprint density at radius 2 is 1.76 bits per heavy atom. The van der Waals surface area contributed by atoms with Crippen LogP contribution in [0.25, 0.3) is 11.4 Å². The van der Waals surface area contributed by atoms with Crippen molar-refractivity contribution in [2.24, 2.45) is 0 Å². The van der Waals surface area contributed by atoms with Crippen LogP contribution in [0.15, 0.2) is 51.9 Å². The lowest BCUT2D eigenvalue weighted by Crippen LogP contribution is -2.28. The molecule has 1 saturated heterocycles. The molecule has 9 nitrogen and oxygen atoms in total. The van der Waals surface area contributed by atoms with E-state index in [2.05, 4.69) is 15.5 Å². The van der Waals surface area contributed by atoms with Gasteiger partial charge in [-0.25, -0.2) is 8.42 Å². The van der Waals surface area contributed by atoms with Gasteiger partial charge in [0.2, 0.25) is 21.7 Å². The van der Waals surface area contributed by atoms with Crippen LogP contribution < -0.4 is 14.8 Å². The molecule has 0 radical (unpaired) electrons. The lowest BCUT2D eigenvalue weighted by atomic mass is 10.2. The summed E-state index contributed by atoms with van der Waals surface area (Å²) in [5.41, 5.74) is 1.44. The Kier molecular flexibility index (Phi) is 7.14. The van der Waals surface area contributed by atoms with E-state index in [1.807, 2.05) is 38.1 Å². The second-order valence-corrected chi connectivity index (χ2v) is 9.43. The molecular formula is C23H28N4O5S. The third-order valence-electron chi connectivity index (χ3n) is 5.26. The smallest absolute Gasteiger partial charge is 0.246 e. The molecule has 2 aromatic carbocycles. The minimum Gasteiger partial charge on any atom is -0.494 e. The molecule has 1 N–H and O–H groups in total. The first-order valence-electron chi connectivity index (χ1n) is 11.1. The number of sulfonamides is 1. The third-order valence-corrected chi connectivity index (χ3v) is 7.18. The summed E-state index contributed by atoms with van der Waals surface area (Å²) in [7, 11) is -3.63. The molecule has 0 aliphatic carbocycles. The van der Waals surface area contributed by atoms with Crippen molar-refractivity contribution >= 4 is 15.7 Å². The van der Waals surface area contributed by atoms with Gasteiger partial charge in [-0.05, 0) is 69.2 Å². The van der Waals surface area contributed by atoms with Gasteiger partial charge in [-0.2, -0.15) is 9.29 Å². The van der Waals surface area contributed by atoms with Gasteiger partial charge in [-0.3, -0.25) is 0 Å². The lowest BCUT2D eigenvalue weighted by Gasteiger charge is -2.19. The van der Waals surface area contributed by atoms with Crippen LogP contribution in [-0.4, -0.2) is 49.2 Å². The highest BCUT2D eigenvalue weighted by Crippen LogP contribution is 2.32. The summed E-state index contributed by atoms with van der Waals surface area (Å²) in [5.74, 6) is 1.99. The summed E-state index contributed by atoms with van der Waals surface area (Å²) in [6.07, 6.45) is 1.74. The zero-order chi connectivity index (χ0) is 23.3. The predicted octanol–water partition coefficient (Wildman–Crippen LogP) is 3.93. The molecule has 1 aromatic heterocycles. The second-order valence-electron chi connectivity index (χ2n) is 7.53. The van der Waals surface area contributed by atoms with E-state index in [9.17, 15) is 8.42 Å². The molecule has 0 spiro atoms. The van der Waals surface area contributed by atoms with E-state index >= 15 is 0 Å². The average Bonchev–Trinajstić information content (AvgIpc) is 3.52. The second kappa shape index (κ2) is 10.2. The Balaban J connectivity index is 1.48. The van der Waals surface area contributed by atoms with Gasteiger partial charge in [0.05, 0.1) is 19.8 Å². The first kappa shape index (κ1) is 23.1. The number of hydrogen-bond acceptors (Lipinski definition) is 8. The molecular weight excluding hydrogens is 444 g/mol. The first-order chi connectivity index (χ1) is 16.0. The standard InChI is InChI=1S/C23H28N4O5S/c1-3-30-19-10-7-17(8-11-19)23-25-22(32-26-23)16-24-18-9-12-20(31-4-2)21(15-18)33(28,29)27-13-5-6-14-27/h7-12,15,24H,3-6,13-14,16H2,1-2H3. The number of ether oxygens (including phenoxy) is 2. The van der Waals surface area contributed by atoms with Crippen molar-refractivity contribution in [3.05, 3.63) is 48.4 Å². The SMILES string of the molecule is CCOc1ccc(-c2noc(CNc3ccc(OCC)c(S(=O)(=O)N4CCCC4)c3)n2)cc1. The van der Waals surface area contributed by atoms with E-state index in [4.69, 9.17) is 14.0 Å². The van der Waals surface area contributed by atoms with Gasteiger partial charge in [0.1, 0.15) is 16.4 Å². The summed E-state index contributed by atoms with van der Waals surface area (Å²) in [6, 6.07) is 12.5. The molecule has 0 saturated carbocycles. The Bertz CT molecular complexity index is 1170. The van der Waals surface area contributed by atoms with E-state index in [1.165, 1.54) is 4.31 Å². The molecule has 1 aliphatic rings. The Morgan fingerprint density at radius 1 is 1.03 bits per heavy atom. The van der Waals surface area contributed by atoms with Crippen LogP contribution in [0.2, 0.25) is 0 Å². The number of nitrogens with zero attached hydrogens (tertiary/aromatic N) is 3. The van der Waals surface area contributed by atoms with E-state index < -0.39 is 10.0 Å². The molecule has 0 bridgehead atoms. The highest BCUT2D eigenvalue weighted by molar-refractivity contribution is 7.89. The fraction of sp³-hybridized carbons (Fsp3) is 0.391. The van der Waals surface area contributed by atoms with Crippen LogP contribution in [0.3, 0.4) is 0 Å². The van der Waals surface area contributed by atoms with Gasteiger partial charge in [0.25, 0.3) is 0 Å². The number of aromatic nitrogens is 2. The number of hydrogen-bond donors (Lipinski definition) is 1. The number of rotatable bonds is 10. The van der Waals surface area contributed by atoms with Gasteiger partial charge < -0.3 is 19.3 Å². The topological polar surface area (TPSA) is 107 Å². The van der Waals surface area contributed by atoms with E-state index in [1.54, 1.807) is 18.2 Å². The molecule has 2 heterocycles. The Labute approximate surface area is 193 Å². The fourth-order valence-corrected chi connectivity index (χ4v) is 5.32. The molecule has 0 unspecified atom stereocenters. The summed E-state index contributed by atoms with van der Waals surface area (Å²) in [4.78, 5) is 4.58. The van der Waals surface area contributed by atoms with Gasteiger partial charge >= 0.3 is 0 Å². The van der Waals surface area contributed by atoms with E-state index in [-0.39, 0.29) is 11.4 Å². The molecule has 10 heteroatoms. The van der Waals surface area contributed by atoms with Crippen LogP contribution in [-0.2, 0) is 16.6 Å². The normalized spacial score (nSPS) is 14.4. The van der Waals surface area contributed by atoms with Crippen molar-refractivity contribution in [2.75, 3.05) is 31.6 Å². The molecule has 33 heavy (non-hydrogen) atoms. The van der Waals surface area contributed by atoms with Crippen molar-refractivity contribution < 1.29 is 22.4 Å². The van der Waals surface area contributed by atoms with Crippen molar-refractivity contribution in [3.63, 3.8) is 0 Å². The molecule has 176 valence electrons. The molecule has 4 rings (SSSR count). The van der Waals surface area contributed by atoms with Crippen molar-refractivity contribution in [3.8, 4) is 22.9 Å². The maximum Gasteiger partial charge on any atom is 0.246 e. The zero-order valence-electron chi connectivity index (χ0n) is 18.8. The summed E-state index contributed by atoms with van der Waals surface area (Å²) >= 11 is 0. The molecule has 0 amide bonds. The molecule has 1 aliphatic heterocycles. The highest BCUT2D eigenvalue weighted by atomic mass is 32.2. The number of nitrogens with one attached hydrogen (secondary N) is 1. The van der Waals surface area contributed by atoms with Crippen LogP contribution >= 0.6 is 0 Å². The van der Waals surface area contributed by atoms with Crippen molar-refractivity contribution in [1.29, 1.82) is 0 Å². The maximum absolute atomic E-state index is 13.2. The third kappa shape index (κ3) is 5.28. The Hall–Kier alpha value is -3.11. The maximum atomic E-state index is 13.2. The van der Waals surface area contributed by atoms with Gasteiger partial charge in [0, 0.05) is 24.3 Å². The van der Waals surface area contributed by atoms with Crippen molar-refractivity contribution in [1.82, 2.24) is 14.4 Å². The van der Waals surface area contributed by atoms with Gasteiger partial charge in [-0.15, -0.1) is 0 Å². The lowest BCUT2D eigenvalue weighted by molar-refractivity contribution is 0.329. The van der Waals surface area contributed by atoms with Crippen LogP contribution in [0, 0.1) is 0 Å². The quantitative estimate of drug-likeness (QED) is 0.473. The summed E-state index contributed by atoms with van der Waals surface area (Å²) in [5, 5.41) is 7.20. The van der Waals surface area contributed by atoms with Crippen molar-refractivity contribution in [2.45, 2.75) is 38.1 Å². The molecule has 3 aromatic rings. The monoisotopic (exact) mass is 472 g/mol. The first-order valence-corrected chi connectivity index (χ1v) is 12.5.